The Hall–Kier alpha value is -3.82. The fourth-order valence-corrected chi connectivity index (χ4v) is 7.42. The van der Waals surface area contributed by atoms with Crippen molar-refractivity contribution >= 4 is 11.8 Å². The number of alkyl halides is 4. The van der Waals surface area contributed by atoms with Crippen LogP contribution in [0.2, 0.25) is 0 Å². The van der Waals surface area contributed by atoms with E-state index < -0.39 is 40.5 Å². The van der Waals surface area contributed by atoms with Gasteiger partial charge in [-0.25, -0.2) is 13.2 Å². The van der Waals surface area contributed by atoms with Gasteiger partial charge in [0, 0.05) is 31.0 Å². The van der Waals surface area contributed by atoms with Crippen LogP contribution in [0.1, 0.15) is 60.4 Å². The van der Waals surface area contributed by atoms with Gasteiger partial charge in [-0.05, 0) is 91.1 Å². The second kappa shape index (κ2) is 11.0. The van der Waals surface area contributed by atoms with Gasteiger partial charge < -0.3 is 9.80 Å². The van der Waals surface area contributed by atoms with E-state index in [0.29, 0.717) is 56.7 Å². The van der Waals surface area contributed by atoms with E-state index in [1.165, 1.54) is 41.3 Å². The number of hydrogen-bond donors (Lipinski definition) is 0. The van der Waals surface area contributed by atoms with Crippen LogP contribution in [0.15, 0.2) is 66.7 Å². The topological polar surface area (TPSA) is 40.6 Å². The lowest BCUT2D eigenvalue weighted by atomic mass is 9.63. The molecule has 3 aliphatic rings. The van der Waals surface area contributed by atoms with E-state index in [1.54, 1.807) is 35.2 Å². The summed E-state index contributed by atoms with van der Waals surface area (Å²) in [5.74, 6) is -1.16. The molecule has 2 aliphatic heterocycles. The van der Waals surface area contributed by atoms with E-state index in [4.69, 9.17) is 0 Å². The number of nitrogens with zero attached hydrogens (tertiary/aromatic N) is 2. The number of halogens is 6. The molecule has 0 saturated carbocycles. The van der Waals surface area contributed by atoms with Gasteiger partial charge in [-0.3, -0.25) is 9.59 Å². The van der Waals surface area contributed by atoms with Gasteiger partial charge in [-0.2, -0.15) is 13.2 Å². The molecule has 3 aromatic carbocycles. The SMILES string of the molecule is CC(F)(c1ccc2c(c1)CC[C@H]1N(C(=O)[C@@H]3CCC(=O)N3Cc3ccc(F)cc3)CC[C@@]21Cc1ccc(F)cc1)C(F)(F)F. The molecule has 1 unspecified atom stereocenters. The number of amides is 2. The minimum absolute atomic E-state index is 0.162. The lowest BCUT2D eigenvalue weighted by Gasteiger charge is -2.44. The maximum absolute atomic E-state index is 15.0. The van der Waals surface area contributed by atoms with Crippen molar-refractivity contribution in [1.82, 2.24) is 9.80 Å². The first-order chi connectivity index (χ1) is 20.8. The molecule has 0 aromatic heterocycles. The molecular formula is C34H32F6N2O2. The largest absolute Gasteiger partial charge is 0.426 e. The molecule has 0 N–H and O–H groups in total. The van der Waals surface area contributed by atoms with Gasteiger partial charge in [0.2, 0.25) is 17.5 Å². The van der Waals surface area contributed by atoms with Gasteiger partial charge in [0.05, 0.1) is 0 Å². The third kappa shape index (κ3) is 5.16. The minimum atomic E-state index is -5.08. The van der Waals surface area contributed by atoms with Gasteiger partial charge in [0.15, 0.2) is 0 Å². The van der Waals surface area contributed by atoms with Gasteiger partial charge in [-0.1, -0.05) is 42.5 Å². The van der Waals surface area contributed by atoms with Crippen LogP contribution in [-0.4, -0.2) is 46.4 Å². The highest BCUT2D eigenvalue weighted by molar-refractivity contribution is 5.91. The fourth-order valence-electron chi connectivity index (χ4n) is 7.42. The number of carbonyl (C=O) groups excluding carboxylic acids is 2. The molecule has 0 spiro atoms. The minimum Gasteiger partial charge on any atom is -0.337 e. The first kappa shape index (κ1) is 30.2. The maximum atomic E-state index is 15.0. The lowest BCUT2D eigenvalue weighted by molar-refractivity contribution is -0.228. The zero-order chi connectivity index (χ0) is 31.4. The van der Waals surface area contributed by atoms with Crippen LogP contribution in [0.25, 0.3) is 0 Å². The number of benzene rings is 3. The number of fused-ring (bicyclic) bond motifs is 3. The number of aryl methyl sites for hydroxylation is 1. The van der Waals surface area contributed by atoms with E-state index in [2.05, 4.69) is 0 Å². The van der Waals surface area contributed by atoms with Gasteiger partial charge in [-0.15, -0.1) is 0 Å². The second-order valence-corrected chi connectivity index (χ2v) is 12.4. The van der Waals surface area contributed by atoms with E-state index in [1.807, 2.05) is 0 Å². The van der Waals surface area contributed by atoms with Crippen LogP contribution in [0.3, 0.4) is 0 Å². The number of carbonyl (C=O) groups is 2. The summed E-state index contributed by atoms with van der Waals surface area (Å²) in [4.78, 5) is 30.4. The van der Waals surface area contributed by atoms with Crippen molar-refractivity contribution in [2.24, 2.45) is 0 Å². The van der Waals surface area contributed by atoms with Crippen molar-refractivity contribution in [3.8, 4) is 0 Å². The Balaban J connectivity index is 1.34. The quantitative estimate of drug-likeness (QED) is 0.283. The number of rotatable bonds is 6. The average molecular weight is 615 g/mol. The number of likely N-dealkylation sites (tertiary alicyclic amines) is 2. The highest BCUT2D eigenvalue weighted by atomic mass is 19.4. The highest BCUT2D eigenvalue weighted by Gasteiger charge is 2.56. The second-order valence-electron chi connectivity index (χ2n) is 12.4. The molecule has 6 rings (SSSR count). The fraction of sp³-hybridized carbons (Fsp3) is 0.412. The smallest absolute Gasteiger partial charge is 0.337 e. The van der Waals surface area contributed by atoms with Crippen LogP contribution in [0.5, 0.6) is 0 Å². The summed E-state index contributed by atoms with van der Waals surface area (Å²) in [6.07, 6.45) is -2.83. The maximum Gasteiger partial charge on any atom is 0.426 e. The van der Waals surface area contributed by atoms with Crippen molar-refractivity contribution in [3.05, 3.63) is 106 Å². The van der Waals surface area contributed by atoms with Crippen molar-refractivity contribution in [3.63, 3.8) is 0 Å². The predicted octanol–water partition coefficient (Wildman–Crippen LogP) is 6.93. The van der Waals surface area contributed by atoms with E-state index in [9.17, 15) is 35.9 Å². The third-order valence-electron chi connectivity index (χ3n) is 9.81. The van der Waals surface area contributed by atoms with Crippen molar-refractivity contribution in [1.29, 1.82) is 0 Å². The van der Waals surface area contributed by atoms with E-state index in [-0.39, 0.29) is 30.8 Å². The molecule has 232 valence electrons. The first-order valence-corrected chi connectivity index (χ1v) is 14.8. The van der Waals surface area contributed by atoms with Crippen LogP contribution in [-0.2, 0) is 40.1 Å². The summed E-state index contributed by atoms with van der Waals surface area (Å²) < 4.78 is 82.9. The average Bonchev–Trinajstić information content (AvgIpc) is 3.54. The van der Waals surface area contributed by atoms with Gasteiger partial charge in [0.1, 0.15) is 17.7 Å². The highest BCUT2D eigenvalue weighted by Crippen LogP contribution is 2.51. The first-order valence-electron chi connectivity index (χ1n) is 14.8. The third-order valence-corrected chi connectivity index (χ3v) is 9.81. The predicted molar refractivity (Wildman–Crippen MR) is 151 cm³/mol. The van der Waals surface area contributed by atoms with Crippen LogP contribution < -0.4 is 0 Å². The molecule has 4 atom stereocenters. The van der Waals surface area contributed by atoms with E-state index in [0.717, 1.165) is 11.1 Å². The normalized spacial score (nSPS) is 24.7. The summed E-state index contributed by atoms with van der Waals surface area (Å²) in [6, 6.07) is 14.8. The van der Waals surface area contributed by atoms with Gasteiger partial charge >= 0.3 is 6.18 Å². The molecule has 2 amide bonds. The molecule has 1 aliphatic carbocycles. The van der Waals surface area contributed by atoms with Crippen molar-refractivity contribution in [2.75, 3.05) is 6.54 Å². The Kier molecular flexibility index (Phi) is 7.53. The summed E-state index contributed by atoms with van der Waals surface area (Å²) in [5.41, 5.74) is -1.81. The molecule has 2 fully saturated rings. The summed E-state index contributed by atoms with van der Waals surface area (Å²) >= 11 is 0. The Labute approximate surface area is 251 Å². The molecule has 44 heavy (non-hydrogen) atoms. The molecule has 4 nitrogen and oxygen atoms in total. The Morgan fingerprint density at radius 3 is 2.16 bits per heavy atom. The molecule has 10 heteroatoms. The molecule has 0 radical (unpaired) electrons. The van der Waals surface area contributed by atoms with E-state index >= 15 is 0 Å². The standard InChI is InChI=1S/C34H32F6N2O2/c1-32(37,34(38,39)40)24-7-12-27-23(18-24)6-14-29-33(27,19-21-2-8-25(35)9-3-21)16-17-41(29)31(44)28-13-15-30(43)42(28)20-22-4-10-26(36)11-5-22/h2-5,7-12,18,28-29H,6,13-17,19-20H2,1H3/t28-,29+,32?,33+/m0/s1. The Morgan fingerprint density at radius 1 is 0.886 bits per heavy atom. The van der Waals surface area contributed by atoms with Crippen molar-refractivity contribution in [2.45, 2.75) is 81.3 Å². The molecular weight excluding hydrogens is 582 g/mol. The summed E-state index contributed by atoms with van der Waals surface area (Å²) in [6.45, 7) is 1.05. The molecule has 2 saturated heterocycles. The summed E-state index contributed by atoms with van der Waals surface area (Å²) in [5, 5.41) is 0. The zero-order valence-electron chi connectivity index (χ0n) is 24.1. The van der Waals surface area contributed by atoms with Gasteiger partial charge in [0.25, 0.3) is 0 Å². The zero-order valence-corrected chi connectivity index (χ0v) is 24.1. The molecule has 3 aromatic rings. The summed E-state index contributed by atoms with van der Waals surface area (Å²) in [7, 11) is 0. The van der Waals surface area contributed by atoms with Crippen molar-refractivity contribution < 1.29 is 35.9 Å². The van der Waals surface area contributed by atoms with Crippen LogP contribution in [0.4, 0.5) is 26.3 Å². The van der Waals surface area contributed by atoms with Crippen LogP contribution in [0, 0.1) is 11.6 Å². The Morgan fingerprint density at radius 2 is 1.52 bits per heavy atom. The monoisotopic (exact) mass is 614 g/mol. The molecule has 0 bridgehead atoms. The Bertz CT molecular complexity index is 1570. The lowest BCUT2D eigenvalue weighted by Crippen LogP contribution is -2.53. The van der Waals surface area contributed by atoms with Crippen LogP contribution >= 0.6 is 0 Å². The number of hydrogen-bond acceptors (Lipinski definition) is 2. The molecule has 2 heterocycles.